The average molecular weight is 291 g/mol. The van der Waals surface area contributed by atoms with Crippen molar-refractivity contribution in [2.24, 2.45) is 5.29 Å². The van der Waals surface area contributed by atoms with Crippen molar-refractivity contribution in [1.29, 1.82) is 0 Å². The molecule has 0 atom stereocenters. The van der Waals surface area contributed by atoms with Crippen molar-refractivity contribution in [2.75, 3.05) is 32.1 Å². The van der Waals surface area contributed by atoms with E-state index < -0.39 is 6.03 Å². The molecule has 0 unspecified atom stereocenters. The van der Waals surface area contributed by atoms with Gasteiger partial charge in [-0.1, -0.05) is 13.3 Å². The molecule has 0 radical (unpaired) electrons. The van der Waals surface area contributed by atoms with E-state index in [1.165, 1.54) is 12.8 Å². The first kappa shape index (κ1) is 16.2. The van der Waals surface area contributed by atoms with Crippen LogP contribution in [0.25, 0.3) is 0 Å². The van der Waals surface area contributed by atoms with Crippen molar-refractivity contribution in [3.8, 4) is 0 Å². The molecule has 2 amide bonds. The van der Waals surface area contributed by atoms with Crippen LogP contribution in [0, 0.1) is 4.91 Å². The van der Waals surface area contributed by atoms with Crippen LogP contribution in [0.2, 0.25) is 0 Å². The zero-order valence-corrected chi connectivity index (χ0v) is 12.2. The number of hydrogen-bond donors (Lipinski definition) is 1. The fraction of sp³-hybridized carbons (Fsp3) is 0.917. The summed E-state index contributed by atoms with van der Waals surface area (Å²) < 4.78 is 0. The van der Waals surface area contributed by atoms with Gasteiger partial charge in [-0.25, -0.2) is 4.79 Å². The number of nitroso groups, excluding NO2 is 1. The van der Waals surface area contributed by atoms with Crippen LogP contribution in [-0.4, -0.2) is 54.0 Å². The maximum absolute atomic E-state index is 11.7. The zero-order valence-electron chi connectivity index (χ0n) is 11.5. The van der Waals surface area contributed by atoms with Gasteiger partial charge in [-0.2, -0.15) is 5.01 Å². The van der Waals surface area contributed by atoms with Gasteiger partial charge < -0.3 is 10.2 Å². The molecule has 0 aromatic heterocycles. The molecule has 1 N–H and O–H groups in total. The van der Waals surface area contributed by atoms with Gasteiger partial charge in [0.15, 0.2) is 0 Å². The van der Waals surface area contributed by atoms with Crippen molar-refractivity contribution in [3.05, 3.63) is 4.91 Å². The Hall–Kier alpha value is -0.880. The predicted octanol–water partition coefficient (Wildman–Crippen LogP) is 2.18. The Kier molecular flexibility index (Phi) is 7.74. The summed E-state index contributed by atoms with van der Waals surface area (Å²) >= 11 is 5.50. The van der Waals surface area contributed by atoms with Crippen molar-refractivity contribution in [2.45, 2.75) is 38.6 Å². The number of carbonyl (C=O) groups is 1. The van der Waals surface area contributed by atoms with E-state index in [0.717, 1.165) is 37.5 Å². The lowest BCUT2D eigenvalue weighted by molar-refractivity contribution is 0.173. The molecule has 110 valence electrons. The highest BCUT2D eigenvalue weighted by molar-refractivity contribution is 6.18. The SMILES string of the molecule is CCCCN1CCC(NC(=O)N(CCCl)N=O)CC1. The highest BCUT2D eigenvalue weighted by Crippen LogP contribution is 2.11. The van der Waals surface area contributed by atoms with E-state index in [0.29, 0.717) is 0 Å². The standard InChI is InChI=1S/C12H23ClN4O2/c1-2-3-7-16-8-4-11(5-9-16)14-12(18)17(15-19)10-6-13/h11H,2-10H2,1H3,(H,14,18). The fourth-order valence-corrected chi connectivity index (χ4v) is 2.35. The highest BCUT2D eigenvalue weighted by Gasteiger charge is 2.22. The van der Waals surface area contributed by atoms with E-state index in [4.69, 9.17) is 11.6 Å². The van der Waals surface area contributed by atoms with Gasteiger partial charge >= 0.3 is 6.03 Å². The van der Waals surface area contributed by atoms with Crippen LogP contribution in [0.15, 0.2) is 5.29 Å². The minimum Gasteiger partial charge on any atom is -0.334 e. The van der Waals surface area contributed by atoms with E-state index in [2.05, 4.69) is 22.4 Å². The predicted molar refractivity (Wildman–Crippen MR) is 76.1 cm³/mol. The molecule has 1 heterocycles. The van der Waals surface area contributed by atoms with Crippen LogP contribution in [0.1, 0.15) is 32.6 Å². The van der Waals surface area contributed by atoms with E-state index in [9.17, 15) is 9.70 Å². The third kappa shape index (κ3) is 5.74. The Morgan fingerprint density at radius 1 is 1.47 bits per heavy atom. The summed E-state index contributed by atoms with van der Waals surface area (Å²) in [5.41, 5.74) is 0. The lowest BCUT2D eigenvalue weighted by Crippen LogP contribution is -2.48. The number of carbonyl (C=O) groups excluding carboxylic acids is 1. The highest BCUT2D eigenvalue weighted by atomic mass is 35.5. The number of likely N-dealkylation sites (tertiary alicyclic amines) is 1. The molecule has 0 saturated carbocycles. The molecular formula is C12H23ClN4O2. The van der Waals surface area contributed by atoms with Crippen molar-refractivity contribution < 1.29 is 4.79 Å². The molecule has 6 nitrogen and oxygen atoms in total. The number of nitrogens with one attached hydrogen (secondary N) is 1. The second kappa shape index (κ2) is 9.09. The van der Waals surface area contributed by atoms with Gasteiger partial charge in [-0.3, -0.25) is 0 Å². The third-order valence-corrected chi connectivity index (χ3v) is 3.54. The summed E-state index contributed by atoms with van der Waals surface area (Å²) in [4.78, 5) is 24.6. The minimum absolute atomic E-state index is 0.130. The zero-order chi connectivity index (χ0) is 14.1. The number of urea groups is 1. The first-order chi connectivity index (χ1) is 9.21. The lowest BCUT2D eigenvalue weighted by Gasteiger charge is -2.32. The van der Waals surface area contributed by atoms with Gasteiger partial charge in [0.25, 0.3) is 0 Å². The summed E-state index contributed by atoms with van der Waals surface area (Å²) in [5, 5.41) is 6.36. The summed E-state index contributed by atoms with van der Waals surface area (Å²) in [6.07, 6.45) is 4.26. The Morgan fingerprint density at radius 3 is 2.68 bits per heavy atom. The van der Waals surface area contributed by atoms with Gasteiger partial charge in [-0.15, -0.1) is 16.5 Å². The van der Waals surface area contributed by atoms with Gasteiger partial charge in [-0.05, 0) is 25.8 Å². The van der Waals surface area contributed by atoms with Gasteiger partial charge in [0, 0.05) is 25.0 Å². The largest absolute Gasteiger partial charge is 0.340 e. The summed E-state index contributed by atoms with van der Waals surface area (Å²) in [6.45, 7) is 5.45. The molecule has 19 heavy (non-hydrogen) atoms. The summed E-state index contributed by atoms with van der Waals surface area (Å²) in [7, 11) is 0. The monoisotopic (exact) mass is 290 g/mol. The second-order valence-electron chi connectivity index (χ2n) is 4.81. The molecule has 1 aliphatic rings. The van der Waals surface area contributed by atoms with Crippen LogP contribution in [0.4, 0.5) is 4.79 Å². The molecule has 0 aromatic carbocycles. The second-order valence-corrected chi connectivity index (χ2v) is 5.19. The first-order valence-corrected chi connectivity index (χ1v) is 7.44. The molecule has 0 spiro atoms. The molecule has 1 saturated heterocycles. The quantitative estimate of drug-likeness (QED) is 0.444. The van der Waals surface area contributed by atoms with Crippen LogP contribution in [0.3, 0.4) is 0 Å². The molecular weight excluding hydrogens is 268 g/mol. The molecule has 7 heteroatoms. The number of hydrogen-bond acceptors (Lipinski definition) is 4. The van der Waals surface area contributed by atoms with Gasteiger partial charge in [0.2, 0.25) is 0 Å². The van der Waals surface area contributed by atoms with Gasteiger partial charge in [0.1, 0.15) is 0 Å². The number of unbranched alkanes of at least 4 members (excludes halogenated alkanes) is 1. The normalized spacial score (nSPS) is 17.2. The maximum Gasteiger partial charge on any atom is 0.340 e. The topological polar surface area (TPSA) is 65.0 Å². The Balaban J connectivity index is 2.28. The lowest BCUT2D eigenvalue weighted by atomic mass is 10.0. The van der Waals surface area contributed by atoms with Crippen LogP contribution >= 0.6 is 11.6 Å². The number of nitrogens with zero attached hydrogens (tertiary/aromatic N) is 3. The van der Waals surface area contributed by atoms with Crippen LogP contribution < -0.4 is 5.32 Å². The van der Waals surface area contributed by atoms with Crippen molar-refractivity contribution in [1.82, 2.24) is 15.2 Å². The van der Waals surface area contributed by atoms with E-state index in [1.807, 2.05) is 0 Å². The Labute approximate surface area is 119 Å². The molecule has 1 fully saturated rings. The van der Waals surface area contributed by atoms with Crippen LogP contribution in [0.5, 0.6) is 0 Å². The van der Waals surface area contributed by atoms with Gasteiger partial charge in [0.05, 0.1) is 11.8 Å². The average Bonchev–Trinajstić information content (AvgIpc) is 2.43. The van der Waals surface area contributed by atoms with E-state index in [1.54, 1.807) is 0 Å². The maximum atomic E-state index is 11.7. The number of rotatable bonds is 7. The Morgan fingerprint density at radius 2 is 2.16 bits per heavy atom. The van der Waals surface area contributed by atoms with E-state index >= 15 is 0 Å². The first-order valence-electron chi connectivity index (χ1n) is 6.90. The number of halogens is 1. The summed E-state index contributed by atoms with van der Waals surface area (Å²) in [6, 6.07) is -0.312. The molecule has 0 aliphatic carbocycles. The van der Waals surface area contributed by atoms with Crippen molar-refractivity contribution in [3.63, 3.8) is 0 Å². The molecule has 1 aliphatic heterocycles. The smallest absolute Gasteiger partial charge is 0.334 e. The van der Waals surface area contributed by atoms with E-state index in [-0.39, 0.29) is 18.5 Å². The minimum atomic E-state index is -0.442. The third-order valence-electron chi connectivity index (χ3n) is 3.37. The Bertz CT molecular complexity index is 283. The molecule has 0 aromatic rings. The number of amides is 2. The van der Waals surface area contributed by atoms with Crippen molar-refractivity contribution >= 4 is 17.6 Å². The molecule has 1 rings (SSSR count). The summed E-state index contributed by atoms with van der Waals surface area (Å²) in [5.74, 6) is 0.203. The number of piperidine rings is 1. The number of alkyl halides is 1. The van der Waals surface area contributed by atoms with Crippen LogP contribution in [-0.2, 0) is 0 Å². The molecule has 0 bridgehead atoms. The fourth-order valence-electron chi connectivity index (χ4n) is 2.19.